The number of carboxylic acids is 1. The van der Waals surface area contributed by atoms with Gasteiger partial charge in [-0.25, -0.2) is 4.79 Å². The molecule has 0 bridgehead atoms. The zero-order valence-corrected chi connectivity index (χ0v) is 19.3. The summed E-state index contributed by atoms with van der Waals surface area (Å²) in [5, 5.41) is 13.4. The van der Waals surface area contributed by atoms with Crippen molar-refractivity contribution in [2.24, 2.45) is 0 Å². The highest BCUT2D eigenvalue weighted by atomic mass is 35.5. The number of hydrogen-bond acceptors (Lipinski definition) is 3. The second-order valence-corrected chi connectivity index (χ2v) is 8.75. The first-order valence-corrected chi connectivity index (χ1v) is 11.1. The van der Waals surface area contributed by atoms with Gasteiger partial charge in [0.25, 0.3) is 0 Å². The molecule has 10 heteroatoms. The van der Waals surface area contributed by atoms with Gasteiger partial charge in [0.2, 0.25) is 5.91 Å². The summed E-state index contributed by atoms with van der Waals surface area (Å²) in [6.07, 6.45) is 0.132. The van der Waals surface area contributed by atoms with E-state index in [2.05, 4.69) is 10.3 Å². The molecule has 3 amide bonds. The molecule has 2 heterocycles. The number of urea groups is 1. The lowest BCUT2D eigenvalue weighted by atomic mass is 9.96. The van der Waals surface area contributed by atoms with Gasteiger partial charge in [-0.2, -0.15) is 0 Å². The van der Waals surface area contributed by atoms with Gasteiger partial charge in [0.05, 0.1) is 23.0 Å². The zero-order valence-electron chi connectivity index (χ0n) is 17.8. The van der Waals surface area contributed by atoms with Gasteiger partial charge in [-0.15, -0.1) is 0 Å². The van der Waals surface area contributed by atoms with Crippen molar-refractivity contribution < 1.29 is 19.5 Å². The van der Waals surface area contributed by atoms with Gasteiger partial charge in [-0.05, 0) is 29.8 Å². The van der Waals surface area contributed by atoms with Gasteiger partial charge in [0.1, 0.15) is 6.04 Å². The van der Waals surface area contributed by atoms with E-state index in [0.29, 0.717) is 22.2 Å². The lowest BCUT2D eigenvalue weighted by molar-refractivity contribution is -0.139. The van der Waals surface area contributed by atoms with Crippen molar-refractivity contribution in [2.75, 3.05) is 18.9 Å². The third kappa shape index (κ3) is 4.77. The molecule has 0 saturated carbocycles. The molecule has 1 atom stereocenters. The van der Waals surface area contributed by atoms with E-state index < -0.39 is 18.0 Å². The van der Waals surface area contributed by atoms with Gasteiger partial charge < -0.3 is 25.2 Å². The molecular weight excluding hydrogens is 467 g/mol. The number of carbonyl (C=O) groups is 3. The summed E-state index contributed by atoms with van der Waals surface area (Å²) in [5.41, 5.74) is 3.22. The molecule has 1 aromatic heterocycles. The Morgan fingerprint density at radius 3 is 2.67 bits per heavy atom. The number of rotatable bonds is 5. The van der Waals surface area contributed by atoms with Crippen molar-refractivity contribution in [3.8, 4) is 0 Å². The number of aromatic nitrogens is 1. The highest BCUT2D eigenvalue weighted by molar-refractivity contribution is 6.42. The molecule has 0 saturated heterocycles. The predicted octanol–water partition coefficient (Wildman–Crippen LogP) is 4.37. The lowest BCUT2D eigenvalue weighted by Gasteiger charge is -2.36. The summed E-state index contributed by atoms with van der Waals surface area (Å²) in [6, 6.07) is 11.2. The minimum Gasteiger partial charge on any atom is -0.481 e. The van der Waals surface area contributed by atoms with Crippen LogP contribution in [0.2, 0.25) is 10.0 Å². The number of para-hydroxylation sites is 1. The number of nitrogens with zero attached hydrogens (tertiary/aromatic N) is 2. The Morgan fingerprint density at radius 1 is 1.18 bits per heavy atom. The minimum atomic E-state index is -0.994. The quantitative estimate of drug-likeness (QED) is 0.495. The lowest BCUT2D eigenvalue weighted by Crippen LogP contribution is -2.54. The number of fused-ring (bicyclic) bond motifs is 3. The monoisotopic (exact) mass is 488 g/mol. The maximum absolute atomic E-state index is 13.3. The molecule has 3 N–H and O–H groups in total. The van der Waals surface area contributed by atoms with Crippen LogP contribution in [0.25, 0.3) is 10.9 Å². The summed E-state index contributed by atoms with van der Waals surface area (Å²) in [6.45, 7) is 0.244. The van der Waals surface area contributed by atoms with E-state index in [1.165, 1.54) is 15.9 Å². The van der Waals surface area contributed by atoms with Crippen LogP contribution in [-0.4, -0.2) is 57.4 Å². The largest absolute Gasteiger partial charge is 0.481 e. The van der Waals surface area contributed by atoms with Crippen LogP contribution >= 0.6 is 23.2 Å². The molecule has 1 aliphatic heterocycles. The topological polar surface area (TPSA) is 106 Å². The Balaban J connectivity index is 1.65. The van der Waals surface area contributed by atoms with Crippen molar-refractivity contribution in [2.45, 2.75) is 25.4 Å². The van der Waals surface area contributed by atoms with E-state index in [1.807, 2.05) is 24.3 Å². The fourth-order valence-electron chi connectivity index (χ4n) is 4.04. The summed E-state index contributed by atoms with van der Waals surface area (Å²) >= 11 is 12.0. The summed E-state index contributed by atoms with van der Waals surface area (Å²) in [5.74, 6) is -1.32. The smallest absolute Gasteiger partial charge is 0.322 e. The Labute approximate surface area is 200 Å². The molecule has 1 aliphatic rings. The number of benzene rings is 2. The number of likely N-dealkylation sites (N-methyl/N-ethyl adjacent to an activating group) is 1. The van der Waals surface area contributed by atoms with Crippen LogP contribution in [0.3, 0.4) is 0 Å². The number of hydrogen-bond donors (Lipinski definition) is 3. The third-order valence-electron chi connectivity index (χ3n) is 5.76. The molecule has 4 rings (SSSR count). The van der Waals surface area contributed by atoms with Crippen LogP contribution in [0.15, 0.2) is 42.5 Å². The maximum Gasteiger partial charge on any atom is 0.322 e. The number of halogens is 2. The zero-order chi connectivity index (χ0) is 23.7. The van der Waals surface area contributed by atoms with Crippen molar-refractivity contribution in [1.82, 2.24) is 14.8 Å². The summed E-state index contributed by atoms with van der Waals surface area (Å²) in [7, 11) is 1.55. The van der Waals surface area contributed by atoms with Gasteiger partial charge in [0.15, 0.2) is 0 Å². The molecule has 0 fully saturated rings. The standard InChI is InChI=1S/C23H22Cl2N4O4/c1-28(9-8-21(30)31)22(32)20-11-15-14-4-2-3-5-18(14)27-19(15)12-29(20)23(33)26-13-6-7-16(24)17(25)10-13/h2-7,10,20,27H,8-9,11-12H2,1H3,(H,26,33)(H,30,31)/t20-/m1/s1. The van der Waals surface area contributed by atoms with Crippen LogP contribution in [0.4, 0.5) is 10.5 Å². The number of anilines is 1. The van der Waals surface area contributed by atoms with Crippen molar-refractivity contribution >= 4 is 57.7 Å². The second kappa shape index (κ2) is 9.33. The normalized spacial score (nSPS) is 15.2. The maximum atomic E-state index is 13.3. The predicted molar refractivity (Wildman–Crippen MR) is 127 cm³/mol. The SMILES string of the molecule is CN(CCC(=O)O)C(=O)[C@H]1Cc2c([nH]c3ccccc23)CN1C(=O)Nc1ccc(Cl)c(Cl)c1. The molecule has 0 spiro atoms. The molecular formula is C23H22Cl2N4O4. The number of carbonyl (C=O) groups excluding carboxylic acids is 2. The molecule has 0 unspecified atom stereocenters. The first-order valence-electron chi connectivity index (χ1n) is 10.3. The van der Waals surface area contributed by atoms with E-state index in [-0.39, 0.29) is 25.4 Å². The molecule has 2 aromatic carbocycles. The first-order chi connectivity index (χ1) is 15.7. The number of carboxylic acid groups (broad SMARTS) is 1. The summed E-state index contributed by atoms with van der Waals surface area (Å²) < 4.78 is 0. The number of aliphatic carboxylic acids is 1. The Bertz CT molecular complexity index is 1240. The minimum absolute atomic E-state index is 0.0493. The average Bonchev–Trinajstić information content (AvgIpc) is 3.16. The van der Waals surface area contributed by atoms with Gasteiger partial charge in [-0.3, -0.25) is 9.59 Å². The van der Waals surface area contributed by atoms with Crippen LogP contribution in [-0.2, 0) is 22.6 Å². The van der Waals surface area contributed by atoms with E-state index >= 15 is 0 Å². The molecule has 0 aliphatic carbocycles. The molecule has 33 heavy (non-hydrogen) atoms. The first kappa shape index (κ1) is 22.9. The molecule has 172 valence electrons. The summed E-state index contributed by atoms with van der Waals surface area (Å²) in [4.78, 5) is 43.7. The highest BCUT2D eigenvalue weighted by Gasteiger charge is 2.38. The van der Waals surface area contributed by atoms with E-state index in [0.717, 1.165) is 22.2 Å². The highest BCUT2D eigenvalue weighted by Crippen LogP contribution is 2.32. The molecule has 0 radical (unpaired) electrons. The van der Waals surface area contributed by atoms with Crippen molar-refractivity contribution in [3.63, 3.8) is 0 Å². The van der Waals surface area contributed by atoms with E-state index in [4.69, 9.17) is 28.3 Å². The Hall–Kier alpha value is -3.23. The molecule has 8 nitrogen and oxygen atoms in total. The Morgan fingerprint density at radius 2 is 1.94 bits per heavy atom. The Kier molecular flexibility index (Phi) is 6.49. The fraction of sp³-hybridized carbons (Fsp3) is 0.261. The van der Waals surface area contributed by atoms with Crippen molar-refractivity contribution in [1.29, 1.82) is 0 Å². The molecule has 3 aromatic rings. The third-order valence-corrected chi connectivity index (χ3v) is 6.50. The average molecular weight is 489 g/mol. The van der Waals surface area contributed by atoms with Gasteiger partial charge in [-0.1, -0.05) is 41.4 Å². The van der Waals surface area contributed by atoms with Gasteiger partial charge >= 0.3 is 12.0 Å². The van der Waals surface area contributed by atoms with E-state index in [9.17, 15) is 14.4 Å². The fourth-order valence-corrected chi connectivity index (χ4v) is 4.34. The van der Waals surface area contributed by atoms with Crippen molar-refractivity contribution in [3.05, 3.63) is 63.8 Å². The van der Waals surface area contributed by atoms with Crippen LogP contribution in [0.5, 0.6) is 0 Å². The number of amides is 3. The number of H-pyrrole nitrogens is 1. The second-order valence-electron chi connectivity index (χ2n) is 7.94. The van der Waals surface area contributed by atoms with Gasteiger partial charge in [0, 0.05) is 42.3 Å². The van der Waals surface area contributed by atoms with Crippen LogP contribution < -0.4 is 5.32 Å². The van der Waals surface area contributed by atoms with Crippen LogP contribution in [0.1, 0.15) is 17.7 Å². The number of aromatic amines is 1. The van der Waals surface area contributed by atoms with Crippen LogP contribution in [0, 0.1) is 0 Å². The van der Waals surface area contributed by atoms with E-state index in [1.54, 1.807) is 19.2 Å². The number of nitrogens with one attached hydrogen (secondary N) is 2.